The van der Waals surface area contributed by atoms with Crippen molar-refractivity contribution in [1.29, 1.82) is 0 Å². The van der Waals surface area contributed by atoms with Crippen LogP contribution in [0.4, 0.5) is 0 Å². The Bertz CT molecular complexity index is 195. The van der Waals surface area contributed by atoms with E-state index in [1.54, 1.807) is 0 Å². The van der Waals surface area contributed by atoms with E-state index in [2.05, 4.69) is 17.9 Å². The third-order valence-electron chi connectivity index (χ3n) is 2.42. The van der Waals surface area contributed by atoms with Gasteiger partial charge in [0.25, 0.3) is 0 Å². The Hall–Kier alpha value is -0.220. The maximum atomic E-state index is 11.7. The first kappa shape index (κ1) is 11.9. The minimum atomic E-state index is -0.0380. The zero-order chi connectivity index (χ0) is 10.6. The van der Waals surface area contributed by atoms with Crippen LogP contribution in [-0.2, 0) is 4.79 Å². The van der Waals surface area contributed by atoms with Gasteiger partial charge in [-0.05, 0) is 6.42 Å². The highest BCUT2D eigenvalue weighted by atomic mass is 32.1. The lowest BCUT2D eigenvalue weighted by molar-refractivity contribution is -0.131. The van der Waals surface area contributed by atoms with E-state index in [0.29, 0.717) is 6.42 Å². The molecule has 1 aliphatic rings. The van der Waals surface area contributed by atoms with Crippen LogP contribution in [0.1, 0.15) is 26.7 Å². The second-order valence-corrected chi connectivity index (χ2v) is 5.65. The minimum absolute atomic E-state index is 0.0380. The average Bonchev–Trinajstić information content (AvgIpc) is 2.14. The van der Waals surface area contributed by atoms with E-state index in [1.807, 2.05) is 18.7 Å². The molecule has 0 spiro atoms. The molecule has 1 N–H and O–H groups in total. The van der Waals surface area contributed by atoms with Crippen LogP contribution in [0.25, 0.3) is 0 Å². The quantitative estimate of drug-likeness (QED) is 0.687. The van der Waals surface area contributed by atoms with Crippen LogP contribution in [0.15, 0.2) is 0 Å². The van der Waals surface area contributed by atoms with Gasteiger partial charge in [0.15, 0.2) is 0 Å². The normalized spacial score (nSPS) is 18.4. The summed E-state index contributed by atoms with van der Waals surface area (Å²) in [4.78, 5) is 13.6. The van der Waals surface area contributed by atoms with E-state index in [4.69, 9.17) is 0 Å². The summed E-state index contributed by atoms with van der Waals surface area (Å²) in [6.07, 6.45) is 1.47. The molecule has 0 aromatic carbocycles. The summed E-state index contributed by atoms with van der Waals surface area (Å²) in [6, 6.07) is 0. The van der Waals surface area contributed by atoms with Crippen LogP contribution in [0.5, 0.6) is 0 Å². The summed E-state index contributed by atoms with van der Waals surface area (Å²) in [6.45, 7) is 7.64. The fourth-order valence-electron chi connectivity index (χ4n) is 1.49. The molecule has 0 aliphatic carbocycles. The van der Waals surface area contributed by atoms with Crippen molar-refractivity contribution < 1.29 is 4.79 Å². The number of hydrogen-bond donors (Lipinski definition) is 2. The topological polar surface area (TPSA) is 32.3 Å². The largest absolute Gasteiger partial charge is 0.340 e. The summed E-state index contributed by atoms with van der Waals surface area (Å²) >= 11 is 4.41. The first-order valence-electron chi connectivity index (χ1n) is 5.20. The SMILES string of the molecule is CC(C)(S)CCC(=O)N1CCNCC1. The number of nitrogens with zero attached hydrogens (tertiary/aromatic N) is 1. The summed E-state index contributed by atoms with van der Waals surface area (Å²) in [5.41, 5.74) is 0. The highest BCUT2D eigenvalue weighted by Crippen LogP contribution is 2.19. The molecule has 3 nitrogen and oxygen atoms in total. The summed E-state index contributed by atoms with van der Waals surface area (Å²) in [7, 11) is 0. The molecule has 4 heteroatoms. The van der Waals surface area contributed by atoms with Gasteiger partial charge in [0.2, 0.25) is 5.91 Å². The molecule has 82 valence electrons. The first-order valence-corrected chi connectivity index (χ1v) is 5.65. The van der Waals surface area contributed by atoms with Crippen LogP contribution in [0.2, 0.25) is 0 Å². The van der Waals surface area contributed by atoms with E-state index in [-0.39, 0.29) is 10.7 Å². The molecule has 0 atom stereocenters. The van der Waals surface area contributed by atoms with Gasteiger partial charge >= 0.3 is 0 Å². The Morgan fingerprint density at radius 3 is 2.50 bits per heavy atom. The summed E-state index contributed by atoms with van der Waals surface area (Å²) in [5.74, 6) is 0.272. The van der Waals surface area contributed by atoms with Gasteiger partial charge in [-0.1, -0.05) is 13.8 Å². The fraction of sp³-hybridized carbons (Fsp3) is 0.900. The number of thiol groups is 1. The molecule has 14 heavy (non-hydrogen) atoms. The van der Waals surface area contributed by atoms with Crippen molar-refractivity contribution in [3.63, 3.8) is 0 Å². The van der Waals surface area contributed by atoms with Crippen molar-refractivity contribution >= 4 is 18.5 Å². The van der Waals surface area contributed by atoms with Gasteiger partial charge in [-0.2, -0.15) is 12.6 Å². The van der Waals surface area contributed by atoms with Gasteiger partial charge in [-0.25, -0.2) is 0 Å². The third-order valence-corrected chi connectivity index (χ3v) is 2.64. The number of amides is 1. The number of carbonyl (C=O) groups is 1. The smallest absolute Gasteiger partial charge is 0.222 e. The van der Waals surface area contributed by atoms with Crippen LogP contribution in [0.3, 0.4) is 0 Å². The van der Waals surface area contributed by atoms with E-state index in [1.165, 1.54) is 0 Å². The summed E-state index contributed by atoms with van der Waals surface area (Å²) in [5, 5.41) is 3.23. The summed E-state index contributed by atoms with van der Waals surface area (Å²) < 4.78 is -0.0380. The highest BCUT2D eigenvalue weighted by molar-refractivity contribution is 7.81. The van der Waals surface area contributed by atoms with Crippen LogP contribution >= 0.6 is 12.6 Å². The molecule has 1 aliphatic heterocycles. The van der Waals surface area contributed by atoms with Gasteiger partial charge in [-0.3, -0.25) is 4.79 Å². The standard InChI is InChI=1S/C10H20N2OS/c1-10(2,14)4-3-9(13)12-7-5-11-6-8-12/h11,14H,3-8H2,1-2H3. The first-order chi connectivity index (χ1) is 6.49. The van der Waals surface area contributed by atoms with Crippen molar-refractivity contribution in [1.82, 2.24) is 10.2 Å². The second kappa shape index (κ2) is 5.03. The predicted molar refractivity (Wildman–Crippen MR) is 61.7 cm³/mol. The number of nitrogens with one attached hydrogen (secondary N) is 1. The zero-order valence-electron chi connectivity index (χ0n) is 9.05. The minimum Gasteiger partial charge on any atom is -0.340 e. The lowest BCUT2D eigenvalue weighted by atomic mass is 10.1. The molecule has 1 fully saturated rings. The van der Waals surface area contributed by atoms with Crippen LogP contribution in [-0.4, -0.2) is 41.7 Å². The molecular weight excluding hydrogens is 196 g/mol. The molecule has 0 aromatic rings. The zero-order valence-corrected chi connectivity index (χ0v) is 9.94. The molecule has 0 saturated carbocycles. The Labute approximate surface area is 91.6 Å². The number of hydrogen-bond acceptors (Lipinski definition) is 3. The predicted octanol–water partition coefficient (Wildman–Crippen LogP) is 0.907. The Morgan fingerprint density at radius 1 is 1.43 bits per heavy atom. The average molecular weight is 216 g/mol. The molecule has 1 heterocycles. The van der Waals surface area contributed by atoms with E-state index >= 15 is 0 Å². The number of piperazine rings is 1. The van der Waals surface area contributed by atoms with Crippen molar-refractivity contribution in [2.45, 2.75) is 31.4 Å². The second-order valence-electron chi connectivity index (χ2n) is 4.44. The molecule has 0 bridgehead atoms. The molecule has 1 saturated heterocycles. The maximum Gasteiger partial charge on any atom is 0.222 e. The lowest BCUT2D eigenvalue weighted by Gasteiger charge is -2.28. The Balaban J connectivity index is 2.27. The molecule has 1 amide bonds. The molecule has 0 radical (unpaired) electrons. The van der Waals surface area contributed by atoms with Gasteiger partial charge in [0.05, 0.1) is 0 Å². The monoisotopic (exact) mass is 216 g/mol. The van der Waals surface area contributed by atoms with Gasteiger partial charge in [0.1, 0.15) is 0 Å². The van der Waals surface area contributed by atoms with Crippen LogP contribution in [0, 0.1) is 0 Å². The molecule has 1 rings (SSSR count). The van der Waals surface area contributed by atoms with Gasteiger partial charge in [-0.15, -0.1) is 0 Å². The Morgan fingerprint density at radius 2 is 2.00 bits per heavy atom. The van der Waals surface area contributed by atoms with E-state index < -0.39 is 0 Å². The maximum absolute atomic E-state index is 11.7. The third kappa shape index (κ3) is 4.33. The van der Waals surface area contributed by atoms with Gasteiger partial charge in [0, 0.05) is 37.3 Å². The van der Waals surface area contributed by atoms with Crippen molar-refractivity contribution in [2.75, 3.05) is 26.2 Å². The number of carbonyl (C=O) groups excluding carboxylic acids is 1. The van der Waals surface area contributed by atoms with E-state index in [9.17, 15) is 4.79 Å². The van der Waals surface area contributed by atoms with Crippen molar-refractivity contribution in [3.05, 3.63) is 0 Å². The van der Waals surface area contributed by atoms with Crippen molar-refractivity contribution in [2.24, 2.45) is 0 Å². The fourth-order valence-corrected chi connectivity index (χ4v) is 1.60. The Kier molecular flexibility index (Phi) is 4.26. The van der Waals surface area contributed by atoms with Gasteiger partial charge < -0.3 is 10.2 Å². The van der Waals surface area contributed by atoms with Crippen molar-refractivity contribution in [3.8, 4) is 0 Å². The highest BCUT2D eigenvalue weighted by Gasteiger charge is 2.19. The van der Waals surface area contributed by atoms with E-state index in [0.717, 1.165) is 32.6 Å². The molecular formula is C10H20N2OS. The van der Waals surface area contributed by atoms with Crippen LogP contribution < -0.4 is 5.32 Å². The molecule has 0 unspecified atom stereocenters. The number of rotatable bonds is 3. The lowest BCUT2D eigenvalue weighted by Crippen LogP contribution is -2.46. The molecule has 0 aromatic heterocycles.